The Kier molecular flexibility index (Phi) is 4.62. The first-order chi connectivity index (χ1) is 13.4. The number of ether oxygens (including phenoxy) is 1. The molecule has 0 saturated carbocycles. The molecule has 8 nitrogen and oxygen atoms in total. The second-order valence-electron chi connectivity index (χ2n) is 7.22. The fourth-order valence-corrected chi connectivity index (χ4v) is 3.40. The van der Waals surface area contributed by atoms with Gasteiger partial charge < -0.3 is 10.1 Å². The summed E-state index contributed by atoms with van der Waals surface area (Å²) >= 11 is 0. The van der Waals surface area contributed by atoms with E-state index < -0.39 is 0 Å². The average molecular weight is 381 g/mol. The lowest BCUT2D eigenvalue weighted by atomic mass is 10.00. The molecule has 0 radical (unpaired) electrons. The molecule has 3 heterocycles. The number of aryl methyl sites for hydroxylation is 2. The molecule has 1 aliphatic rings. The zero-order valence-electron chi connectivity index (χ0n) is 16.2. The van der Waals surface area contributed by atoms with Gasteiger partial charge in [0.2, 0.25) is 5.91 Å². The van der Waals surface area contributed by atoms with E-state index in [1.54, 1.807) is 13.8 Å². The fourth-order valence-electron chi connectivity index (χ4n) is 3.40. The van der Waals surface area contributed by atoms with Gasteiger partial charge in [-0.2, -0.15) is 9.50 Å². The third kappa shape index (κ3) is 3.37. The molecular weight excluding hydrogens is 358 g/mol. The van der Waals surface area contributed by atoms with E-state index in [1.807, 2.05) is 19.1 Å². The van der Waals surface area contributed by atoms with Crippen molar-refractivity contribution >= 4 is 11.7 Å². The van der Waals surface area contributed by atoms with Crippen LogP contribution in [0.1, 0.15) is 47.6 Å². The number of hydrogen-bond acceptors (Lipinski definition) is 5. The molecule has 0 fully saturated rings. The van der Waals surface area contributed by atoms with Crippen LogP contribution in [0, 0.1) is 13.8 Å². The van der Waals surface area contributed by atoms with Gasteiger partial charge in [0.25, 0.3) is 11.3 Å². The molecule has 1 aromatic carbocycles. The Balaban J connectivity index is 1.47. The van der Waals surface area contributed by atoms with E-state index in [4.69, 9.17) is 4.74 Å². The highest BCUT2D eigenvalue weighted by Crippen LogP contribution is 2.27. The molecule has 1 atom stereocenters. The van der Waals surface area contributed by atoms with Crippen LogP contribution in [-0.4, -0.2) is 32.1 Å². The minimum Gasteiger partial charge on any atom is -0.493 e. The van der Waals surface area contributed by atoms with Crippen molar-refractivity contribution in [1.29, 1.82) is 0 Å². The molecule has 1 aliphatic heterocycles. The maximum Gasteiger partial charge on any atom is 0.277 e. The normalized spacial score (nSPS) is 14.4. The Morgan fingerprint density at radius 2 is 2.18 bits per heavy atom. The molecular formula is C20H23N5O3. The van der Waals surface area contributed by atoms with Gasteiger partial charge in [0.15, 0.2) is 0 Å². The van der Waals surface area contributed by atoms with Crippen LogP contribution in [0.4, 0.5) is 0 Å². The van der Waals surface area contributed by atoms with Gasteiger partial charge in [0, 0.05) is 11.3 Å². The number of aromatic amines is 1. The van der Waals surface area contributed by atoms with Gasteiger partial charge in [-0.05, 0) is 50.8 Å². The first kappa shape index (κ1) is 18.2. The Bertz CT molecular complexity index is 1110. The van der Waals surface area contributed by atoms with E-state index in [-0.39, 0.29) is 29.7 Å². The predicted molar refractivity (Wildman–Crippen MR) is 104 cm³/mol. The summed E-state index contributed by atoms with van der Waals surface area (Å²) in [7, 11) is 0. The summed E-state index contributed by atoms with van der Waals surface area (Å²) in [5.41, 5.74) is 3.20. The first-order valence-corrected chi connectivity index (χ1v) is 9.42. The maximum absolute atomic E-state index is 12.5. The van der Waals surface area contributed by atoms with Crippen LogP contribution >= 0.6 is 0 Å². The quantitative estimate of drug-likeness (QED) is 0.717. The molecule has 0 bridgehead atoms. The van der Waals surface area contributed by atoms with Crippen LogP contribution in [0.5, 0.6) is 5.75 Å². The van der Waals surface area contributed by atoms with Crippen molar-refractivity contribution in [2.75, 3.05) is 6.61 Å². The zero-order valence-corrected chi connectivity index (χ0v) is 16.2. The number of H-pyrrole nitrogens is 1. The number of nitrogens with zero attached hydrogens (tertiary/aromatic N) is 3. The van der Waals surface area contributed by atoms with Gasteiger partial charge in [-0.3, -0.25) is 14.7 Å². The summed E-state index contributed by atoms with van der Waals surface area (Å²) in [6.07, 6.45) is 2.04. The predicted octanol–water partition coefficient (Wildman–Crippen LogP) is 1.78. The van der Waals surface area contributed by atoms with Gasteiger partial charge in [-0.15, -0.1) is 0 Å². The van der Waals surface area contributed by atoms with Gasteiger partial charge in [-0.1, -0.05) is 12.1 Å². The van der Waals surface area contributed by atoms with E-state index in [2.05, 4.69) is 26.4 Å². The number of rotatable bonds is 4. The lowest BCUT2D eigenvalue weighted by molar-refractivity contribution is -0.121. The molecule has 146 valence electrons. The average Bonchev–Trinajstić information content (AvgIpc) is 3.07. The van der Waals surface area contributed by atoms with Crippen molar-refractivity contribution in [2.24, 2.45) is 0 Å². The van der Waals surface area contributed by atoms with Crippen molar-refractivity contribution in [1.82, 2.24) is 24.9 Å². The highest BCUT2D eigenvalue weighted by atomic mass is 16.5. The molecule has 1 amide bonds. The Labute approximate surface area is 161 Å². The third-order valence-electron chi connectivity index (χ3n) is 5.15. The second-order valence-corrected chi connectivity index (χ2v) is 7.22. The van der Waals surface area contributed by atoms with Crippen LogP contribution < -0.4 is 15.6 Å². The number of benzene rings is 1. The highest BCUT2D eigenvalue weighted by Gasteiger charge is 2.17. The second kappa shape index (κ2) is 7.10. The van der Waals surface area contributed by atoms with Crippen LogP contribution in [-0.2, 0) is 17.6 Å². The van der Waals surface area contributed by atoms with Crippen LogP contribution in [0.2, 0.25) is 0 Å². The van der Waals surface area contributed by atoms with Crippen LogP contribution in [0.15, 0.2) is 23.0 Å². The van der Waals surface area contributed by atoms with Crippen molar-refractivity contribution in [3.8, 4) is 5.75 Å². The maximum atomic E-state index is 12.5. The molecule has 28 heavy (non-hydrogen) atoms. The SMILES string of the molecule is Cc1nc2nc(CC(=O)NC(C)c3ccc4c(c3)CCCO4)[nH]n2c(=O)c1C. The molecule has 3 aromatic rings. The monoisotopic (exact) mass is 381 g/mol. The first-order valence-electron chi connectivity index (χ1n) is 9.42. The van der Waals surface area contributed by atoms with Crippen molar-refractivity contribution in [3.05, 3.63) is 56.8 Å². The number of aromatic nitrogens is 4. The Hall–Kier alpha value is -3.16. The van der Waals surface area contributed by atoms with Gasteiger partial charge in [-0.25, -0.2) is 4.98 Å². The lowest BCUT2D eigenvalue weighted by Crippen LogP contribution is -2.28. The van der Waals surface area contributed by atoms with E-state index >= 15 is 0 Å². The largest absolute Gasteiger partial charge is 0.493 e. The Morgan fingerprint density at radius 1 is 1.36 bits per heavy atom. The molecule has 0 spiro atoms. The lowest BCUT2D eigenvalue weighted by Gasteiger charge is -2.20. The standard InChI is InChI=1S/C20H23N5O3/c1-11-12(2)22-20-23-17(24-25(20)19(11)27)10-18(26)21-13(3)14-6-7-16-15(9-14)5-4-8-28-16/h6-7,9,13H,4-5,8,10H2,1-3H3,(H,21,26)(H,22,23,24). The summed E-state index contributed by atoms with van der Waals surface area (Å²) in [5.74, 6) is 1.43. The topological polar surface area (TPSA) is 101 Å². The molecule has 2 aromatic heterocycles. The minimum absolute atomic E-state index is 0.0410. The van der Waals surface area contributed by atoms with Gasteiger partial charge in [0.1, 0.15) is 11.6 Å². The van der Waals surface area contributed by atoms with Crippen LogP contribution in [0.25, 0.3) is 5.78 Å². The van der Waals surface area contributed by atoms with Crippen molar-refractivity contribution in [2.45, 2.75) is 46.1 Å². The molecule has 4 rings (SSSR count). The molecule has 1 unspecified atom stereocenters. The number of carbonyl (C=O) groups excluding carboxylic acids is 1. The van der Waals surface area contributed by atoms with E-state index in [9.17, 15) is 9.59 Å². The summed E-state index contributed by atoms with van der Waals surface area (Å²) in [6.45, 7) is 6.19. The molecule has 2 N–H and O–H groups in total. The number of hydrogen-bond donors (Lipinski definition) is 2. The highest BCUT2D eigenvalue weighted by molar-refractivity contribution is 5.78. The van der Waals surface area contributed by atoms with Crippen molar-refractivity contribution in [3.63, 3.8) is 0 Å². The minimum atomic E-state index is -0.202. The smallest absolute Gasteiger partial charge is 0.277 e. The molecule has 0 saturated heterocycles. The zero-order chi connectivity index (χ0) is 19.8. The Morgan fingerprint density at radius 3 is 3.00 bits per heavy atom. The van der Waals surface area contributed by atoms with Gasteiger partial charge in [0.05, 0.1) is 19.1 Å². The number of nitrogens with one attached hydrogen (secondary N) is 2. The van der Waals surface area contributed by atoms with Gasteiger partial charge >= 0.3 is 0 Å². The number of fused-ring (bicyclic) bond motifs is 2. The van der Waals surface area contributed by atoms with E-state index in [1.165, 1.54) is 10.1 Å². The fraction of sp³-hybridized carbons (Fsp3) is 0.400. The molecule has 8 heteroatoms. The van der Waals surface area contributed by atoms with Crippen LogP contribution in [0.3, 0.4) is 0 Å². The summed E-state index contributed by atoms with van der Waals surface area (Å²) in [6, 6.07) is 5.89. The summed E-state index contributed by atoms with van der Waals surface area (Å²) in [5, 5.41) is 5.86. The summed E-state index contributed by atoms with van der Waals surface area (Å²) in [4.78, 5) is 33.3. The third-order valence-corrected chi connectivity index (χ3v) is 5.15. The van der Waals surface area contributed by atoms with E-state index in [0.717, 1.165) is 30.8 Å². The van der Waals surface area contributed by atoms with Crippen molar-refractivity contribution < 1.29 is 9.53 Å². The molecule has 0 aliphatic carbocycles. The number of carbonyl (C=O) groups is 1. The number of amides is 1. The summed E-state index contributed by atoms with van der Waals surface area (Å²) < 4.78 is 6.92. The van der Waals surface area contributed by atoms with E-state index in [0.29, 0.717) is 17.1 Å².